The van der Waals surface area contributed by atoms with Crippen molar-refractivity contribution in [1.82, 2.24) is 20.0 Å². The molecule has 13 heteroatoms. The predicted octanol–water partition coefficient (Wildman–Crippen LogP) is 4.01. The van der Waals surface area contributed by atoms with Gasteiger partial charge in [0.25, 0.3) is 5.91 Å². The number of phenolic OH excluding ortho intramolecular Hbond substituents is 1. The number of phenols is 1. The van der Waals surface area contributed by atoms with Crippen molar-refractivity contribution in [2.75, 3.05) is 77.6 Å². The number of anilines is 1. The second kappa shape index (κ2) is 18.2. The minimum atomic E-state index is -1.07. The Bertz CT molecular complexity index is 1520. The fourth-order valence-corrected chi connectivity index (χ4v) is 7.99. The minimum Gasteiger partial charge on any atom is -0.506 e. The number of likely N-dealkylation sites (tertiary alicyclic amines) is 1. The number of ether oxygens (including phenoxy) is 3. The van der Waals surface area contributed by atoms with Crippen LogP contribution in [0.3, 0.4) is 0 Å². The number of carboxylic acid groups (broad SMARTS) is 1. The Balaban J connectivity index is 0.951. The number of nitrogens with zero attached hydrogens (tertiary/aromatic N) is 3. The smallest absolute Gasteiger partial charge is 0.407 e. The summed E-state index contributed by atoms with van der Waals surface area (Å²) in [6, 6.07) is 11.9. The van der Waals surface area contributed by atoms with Gasteiger partial charge in [-0.2, -0.15) is 0 Å². The van der Waals surface area contributed by atoms with Gasteiger partial charge < -0.3 is 44.9 Å². The summed E-state index contributed by atoms with van der Waals surface area (Å²) in [5, 5.41) is 26.3. The molecule has 1 spiro atoms. The Kier molecular flexibility index (Phi) is 13.3. The summed E-state index contributed by atoms with van der Waals surface area (Å²) in [7, 11) is 0. The molecular weight excluding hydrogens is 666 g/mol. The third-order valence-electron chi connectivity index (χ3n) is 11.0. The van der Waals surface area contributed by atoms with Crippen LogP contribution in [0.15, 0.2) is 36.4 Å². The van der Waals surface area contributed by atoms with Gasteiger partial charge in [-0.15, -0.1) is 0 Å². The van der Waals surface area contributed by atoms with Crippen molar-refractivity contribution >= 4 is 23.6 Å². The normalized spacial score (nSPS) is 19.0. The van der Waals surface area contributed by atoms with Crippen molar-refractivity contribution in [3.63, 3.8) is 0 Å². The highest BCUT2D eigenvalue weighted by Gasteiger charge is 2.37. The first-order valence-corrected chi connectivity index (χ1v) is 19.1. The van der Waals surface area contributed by atoms with E-state index in [0.717, 1.165) is 90.7 Å². The van der Waals surface area contributed by atoms with Gasteiger partial charge in [0.05, 0.1) is 31.8 Å². The van der Waals surface area contributed by atoms with Crippen molar-refractivity contribution in [2.45, 2.75) is 82.4 Å². The Morgan fingerprint density at radius 1 is 1.00 bits per heavy atom. The number of morpholine rings is 1. The van der Waals surface area contributed by atoms with Gasteiger partial charge in [-0.05, 0) is 61.3 Å². The van der Waals surface area contributed by atoms with Crippen LogP contribution in [0.5, 0.6) is 11.5 Å². The number of carbonyl (C=O) groups excluding carboxylic acids is 2. The molecule has 4 N–H and O–H groups in total. The van der Waals surface area contributed by atoms with Crippen LogP contribution in [-0.4, -0.2) is 127 Å². The summed E-state index contributed by atoms with van der Waals surface area (Å²) in [5.41, 5.74) is 3.42. The number of fused-ring (bicyclic) bond motifs is 1. The lowest BCUT2D eigenvalue weighted by Gasteiger charge is -2.44. The van der Waals surface area contributed by atoms with Gasteiger partial charge in [0.1, 0.15) is 11.4 Å². The number of hydrogen-bond donors (Lipinski definition) is 4. The summed E-state index contributed by atoms with van der Waals surface area (Å²) < 4.78 is 17.7. The summed E-state index contributed by atoms with van der Waals surface area (Å²) in [6.45, 7) is 7.03. The second-order valence-corrected chi connectivity index (χ2v) is 14.6. The molecule has 52 heavy (non-hydrogen) atoms. The molecule has 1 saturated carbocycles. The maximum atomic E-state index is 13.6. The number of nitrogens with one attached hydrogen (secondary N) is 2. The molecular formula is C39H55N5O8. The highest BCUT2D eigenvalue weighted by atomic mass is 16.5. The fourth-order valence-electron chi connectivity index (χ4n) is 7.99. The minimum absolute atomic E-state index is 0.00583. The lowest BCUT2D eigenvalue weighted by molar-refractivity contribution is -0.135. The van der Waals surface area contributed by atoms with Crippen molar-refractivity contribution < 1.29 is 38.8 Å². The van der Waals surface area contributed by atoms with E-state index in [-0.39, 0.29) is 61.0 Å². The fraction of sp³-hybridized carbons (Fsp3) is 0.615. The van der Waals surface area contributed by atoms with E-state index in [4.69, 9.17) is 14.2 Å². The molecule has 0 unspecified atom stereocenters. The number of piperidine rings is 1. The number of hydrogen-bond acceptors (Lipinski definition) is 9. The zero-order valence-corrected chi connectivity index (χ0v) is 30.3. The molecule has 3 aliphatic heterocycles. The summed E-state index contributed by atoms with van der Waals surface area (Å²) >= 11 is 0. The van der Waals surface area contributed by atoms with Gasteiger partial charge in [-0.25, -0.2) is 4.79 Å². The Labute approximate surface area is 306 Å². The average Bonchev–Trinajstić information content (AvgIpc) is 3.15. The number of aromatic hydroxyl groups is 1. The van der Waals surface area contributed by atoms with Crippen LogP contribution in [0.1, 0.15) is 68.1 Å². The molecule has 3 fully saturated rings. The molecule has 6 rings (SSSR count). The number of carbonyl (C=O) groups is 3. The molecule has 4 aliphatic rings. The predicted molar refractivity (Wildman–Crippen MR) is 196 cm³/mol. The van der Waals surface area contributed by atoms with Crippen LogP contribution in [0.4, 0.5) is 10.5 Å². The van der Waals surface area contributed by atoms with E-state index in [0.29, 0.717) is 37.5 Å². The Morgan fingerprint density at radius 3 is 2.58 bits per heavy atom. The zero-order chi connectivity index (χ0) is 36.3. The first-order chi connectivity index (χ1) is 25.3. The van der Waals surface area contributed by atoms with Gasteiger partial charge in [-0.3, -0.25) is 14.5 Å². The number of amides is 3. The Hall–Kier alpha value is -3.91. The van der Waals surface area contributed by atoms with Crippen molar-refractivity contribution in [3.8, 4) is 11.5 Å². The number of benzene rings is 2. The number of rotatable bonds is 15. The summed E-state index contributed by atoms with van der Waals surface area (Å²) in [4.78, 5) is 43.3. The first kappa shape index (κ1) is 37.8. The molecule has 0 bridgehead atoms. The molecule has 2 aromatic rings. The molecule has 3 amide bonds. The van der Waals surface area contributed by atoms with Gasteiger partial charge in [0.15, 0.2) is 12.4 Å². The quantitative estimate of drug-likeness (QED) is 0.157. The molecule has 2 saturated heterocycles. The molecule has 0 radical (unpaired) electrons. The molecule has 0 atom stereocenters. The third-order valence-corrected chi connectivity index (χ3v) is 11.0. The van der Waals surface area contributed by atoms with E-state index in [1.807, 2.05) is 4.90 Å². The Morgan fingerprint density at radius 2 is 1.81 bits per heavy atom. The SMILES string of the molecule is O=C1COc2c(CCN(CCN(C(=O)CCOCCc3cccc(CN4CCC5(CC4)CNCCO5)c3)C3CCCCC3)C(=O)O)ccc(O)c2N1. The monoisotopic (exact) mass is 721 g/mol. The van der Waals surface area contributed by atoms with Crippen LogP contribution in [-0.2, 0) is 38.4 Å². The van der Waals surface area contributed by atoms with Crippen molar-refractivity contribution in [3.05, 3.63) is 53.1 Å². The van der Waals surface area contributed by atoms with E-state index in [1.54, 1.807) is 6.07 Å². The average molecular weight is 722 g/mol. The highest BCUT2D eigenvalue weighted by molar-refractivity contribution is 5.97. The molecule has 13 nitrogen and oxygen atoms in total. The topological polar surface area (TPSA) is 153 Å². The standard InChI is InChI=1S/C39H55N5O8/c45-33-10-9-31(37-36(33)41-34(46)27-51-37)11-17-43(38(48)49)20-21-44(32-7-2-1-3-8-32)35(47)13-23-50-22-12-29-5-4-6-30(25-29)26-42-18-14-39(15-19-42)28-40-16-24-52-39/h4-6,9-10,25,32,40,45H,1-3,7-8,11-24,26-28H2,(H,41,46)(H,48,49). The molecule has 3 heterocycles. The largest absolute Gasteiger partial charge is 0.506 e. The van der Waals surface area contributed by atoms with Gasteiger partial charge in [0.2, 0.25) is 5.91 Å². The maximum Gasteiger partial charge on any atom is 0.407 e. The zero-order valence-electron chi connectivity index (χ0n) is 30.3. The van der Waals surface area contributed by atoms with Crippen LogP contribution in [0.2, 0.25) is 0 Å². The van der Waals surface area contributed by atoms with E-state index in [2.05, 4.69) is 39.8 Å². The van der Waals surface area contributed by atoms with Gasteiger partial charge in [0, 0.05) is 58.4 Å². The first-order valence-electron chi connectivity index (χ1n) is 19.1. The molecule has 1 aliphatic carbocycles. The van der Waals surface area contributed by atoms with Crippen LogP contribution < -0.4 is 15.4 Å². The van der Waals surface area contributed by atoms with Crippen LogP contribution in [0, 0.1) is 0 Å². The summed E-state index contributed by atoms with van der Waals surface area (Å²) in [5.74, 6) is -0.115. The van der Waals surface area contributed by atoms with Gasteiger partial charge >= 0.3 is 6.09 Å². The second-order valence-electron chi connectivity index (χ2n) is 14.6. The lowest BCUT2D eigenvalue weighted by Crippen LogP contribution is -2.55. The van der Waals surface area contributed by atoms with E-state index >= 15 is 0 Å². The van der Waals surface area contributed by atoms with Crippen LogP contribution >= 0.6 is 0 Å². The highest BCUT2D eigenvalue weighted by Crippen LogP contribution is 2.39. The van der Waals surface area contributed by atoms with Crippen LogP contribution in [0.25, 0.3) is 0 Å². The van der Waals surface area contributed by atoms with Crippen molar-refractivity contribution in [2.24, 2.45) is 0 Å². The summed E-state index contributed by atoms with van der Waals surface area (Å²) in [6.07, 6.45) is 7.49. The lowest BCUT2D eigenvalue weighted by atomic mass is 9.90. The molecule has 284 valence electrons. The van der Waals surface area contributed by atoms with E-state index in [1.165, 1.54) is 22.1 Å². The third kappa shape index (κ3) is 10.1. The molecule has 0 aromatic heterocycles. The van der Waals surface area contributed by atoms with E-state index in [9.17, 15) is 24.6 Å². The van der Waals surface area contributed by atoms with E-state index < -0.39 is 6.09 Å². The van der Waals surface area contributed by atoms with Gasteiger partial charge in [-0.1, -0.05) is 49.6 Å². The maximum absolute atomic E-state index is 13.6. The molecule has 2 aromatic carbocycles. The van der Waals surface area contributed by atoms with Crippen molar-refractivity contribution in [1.29, 1.82) is 0 Å².